The van der Waals surface area contributed by atoms with Crippen LogP contribution in [0.5, 0.6) is 0 Å². The second-order valence-electron chi connectivity index (χ2n) is 17.3. The number of carbonyl (C=O) groups is 3. The molecule has 6 rings (SSSR count). The number of allylic oxidation sites excluding steroid dienone is 2. The van der Waals surface area contributed by atoms with Gasteiger partial charge in [-0.1, -0.05) is 72.2 Å². The zero-order valence-electron chi connectivity index (χ0n) is 28.9. The Bertz CT molecular complexity index is 1460. The van der Waals surface area contributed by atoms with Crippen LogP contribution in [-0.4, -0.2) is 45.4 Å². The number of fused-ring (bicyclic) bond motifs is 7. The topological polar surface area (TPSA) is 94.9 Å². The molecule has 6 nitrogen and oxygen atoms in total. The number of amides is 1. The zero-order chi connectivity index (χ0) is 33.6. The smallest absolute Gasteiger partial charge is 0.407 e. The highest BCUT2D eigenvalue weighted by molar-refractivity contribution is 6.30. The summed E-state index contributed by atoms with van der Waals surface area (Å²) in [6, 6.07) is 7.03. The lowest BCUT2D eigenvalue weighted by Gasteiger charge is -2.72. The van der Waals surface area contributed by atoms with Crippen molar-refractivity contribution in [3.05, 3.63) is 46.0 Å². The summed E-state index contributed by atoms with van der Waals surface area (Å²) in [4.78, 5) is 42.2. The van der Waals surface area contributed by atoms with Gasteiger partial charge in [0.1, 0.15) is 0 Å². The molecule has 5 aliphatic rings. The molecule has 0 saturated heterocycles. The average Bonchev–Trinajstić information content (AvgIpc) is 3.29. The fourth-order valence-corrected chi connectivity index (χ4v) is 12.4. The Labute approximate surface area is 280 Å². The van der Waals surface area contributed by atoms with Crippen molar-refractivity contribution in [3.63, 3.8) is 0 Å². The number of carbonyl (C=O) groups excluding carboxylic acids is 2. The van der Waals surface area contributed by atoms with E-state index >= 15 is 0 Å². The molecular formula is C39H54ClNO5. The molecule has 4 saturated carbocycles. The van der Waals surface area contributed by atoms with Crippen LogP contribution in [0.3, 0.4) is 0 Å². The number of halogens is 1. The SMILES string of the molecule is CC(C)C1=C2[C@H]3CC[C@@H]4[C@@]5(C)CC[C@H](O)C(C)(C)[C@@H]5CC[C@@]4(C)[C@]3(C)CC[C@@]2(C(=O)CN(Cc2ccc(Cl)cc2)C(=O)O)CC1=O. The molecule has 0 aliphatic heterocycles. The predicted octanol–water partition coefficient (Wildman–Crippen LogP) is 8.73. The van der Waals surface area contributed by atoms with Gasteiger partial charge in [0, 0.05) is 18.0 Å². The van der Waals surface area contributed by atoms with Crippen molar-refractivity contribution < 1.29 is 24.6 Å². The summed E-state index contributed by atoms with van der Waals surface area (Å²) < 4.78 is 0. The monoisotopic (exact) mass is 651 g/mol. The van der Waals surface area contributed by atoms with Crippen molar-refractivity contribution >= 4 is 29.3 Å². The van der Waals surface area contributed by atoms with Crippen LogP contribution in [0, 0.1) is 50.7 Å². The highest BCUT2D eigenvalue weighted by Crippen LogP contribution is 2.76. The summed E-state index contributed by atoms with van der Waals surface area (Å²) in [5.41, 5.74) is 1.72. The van der Waals surface area contributed by atoms with Gasteiger partial charge in [-0.3, -0.25) is 14.5 Å². The van der Waals surface area contributed by atoms with Gasteiger partial charge in [0.25, 0.3) is 0 Å². The minimum Gasteiger partial charge on any atom is -0.465 e. The molecule has 0 spiro atoms. The Hall–Kier alpha value is -2.18. The summed E-state index contributed by atoms with van der Waals surface area (Å²) in [5.74, 6) is 1.05. The second kappa shape index (κ2) is 11.2. The van der Waals surface area contributed by atoms with Crippen molar-refractivity contribution in [2.45, 2.75) is 119 Å². The molecule has 0 heterocycles. The minimum absolute atomic E-state index is 0.00332. The minimum atomic E-state index is -1.14. The Morgan fingerprint density at radius 3 is 2.22 bits per heavy atom. The first-order valence-corrected chi connectivity index (χ1v) is 18.0. The number of aliphatic hydroxyl groups is 1. The third-order valence-corrected chi connectivity index (χ3v) is 15.1. The summed E-state index contributed by atoms with van der Waals surface area (Å²) in [6.45, 7) is 16.0. The lowest BCUT2D eigenvalue weighted by molar-refractivity contribution is -0.228. The Balaban J connectivity index is 1.37. The first-order chi connectivity index (χ1) is 21.4. The zero-order valence-corrected chi connectivity index (χ0v) is 29.7. The number of nitrogens with zero attached hydrogens (tertiary/aromatic N) is 1. The summed E-state index contributed by atoms with van der Waals surface area (Å²) in [6.07, 6.45) is 6.29. The van der Waals surface area contributed by atoms with Crippen LogP contribution in [-0.2, 0) is 16.1 Å². The van der Waals surface area contributed by atoms with Gasteiger partial charge in [-0.05, 0) is 126 Å². The van der Waals surface area contributed by atoms with E-state index in [9.17, 15) is 24.6 Å². The van der Waals surface area contributed by atoms with E-state index in [-0.39, 0.29) is 70.7 Å². The first-order valence-electron chi connectivity index (χ1n) is 17.6. The number of hydrogen-bond donors (Lipinski definition) is 2. The van der Waals surface area contributed by atoms with Crippen molar-refractivity contribution in [1.82, 2.24) is 4.90 Å². The van der Waals surface area contributed by atoms with Crippen LogP contribution >= 0.6 is 11.6 Å². The molecule has 0 radical (unpaired) electrons. The molecule has 1 amide bonds. The number of hydrogen-bond acceptors (Lipinski definition) is 4. The van der Waals surface area contributed by atoms with E-state index in [1.165, 1.54) is 4.90 Å². The molecule has 0 unspecified atom stereocenters. The summed E-state index contributed by atoms with van der Waals surface area (Å²) in [7, 11) is 0. The number of benzene rings is 1. The maximum atomic E-state index is 14.6. The predicted molar refractivity (Wildman–Crippen MR) is 180 cm³/mol. The number of carboxylic acid groups (broad SMARTS) is 1. The highest BCUT2D eigenvalue weighted by Gasteiger charge is 2.70. The van der Waals surface area contributed by atoms with Crippen LogP contribution < -0.4 is 0 Å². The number of aliphatic hydroxyl groups excluding tert-OH is 1. The molecule has 1 aromatic rings. The van der Waals surface area contributed by atoms with Crippen molar-refractivity contribution in [1.29, 1.82) is 0 Å². The molecule has 8 atom stereocenters. The van der Waals surface area contributed by atoms with E-state index in [0.717, 1.165) is 61.7 Å². The number of rotatable bonds is 6. The van der Waals surface area contributed by atoms with Gasteiger partial charge in [-0.2, -0.15) is 0 Å². The maximum Gasteiger partial charge on any atom is 0.407 e. The van der Waals surface area contributed by atoms with Crippen LogP contribution in [0.15, 0.2) is 35.4 Å². The largest absolute Gasteiger partial charge is 0.465 e. The van der Waals surface area contributed by atoms with Gasteiger partial charge < -0.3 is 10.2 Å². The van der Waals surface area contributed by atoms with E-state index in [4.69, 9.17) is 11.6 Å². The number of ketones is 2. The lowest BCUT2D eigenvalue weighted by atomic mass is 9.33. The van der Waals surface area contributed by atoms with E-state index in [0.29, 0.717) is 23.3 Å². The Morgan fingerprint density at radius 1 is 0.913 bits per heavy atom. The molecule has 1 aromatic carbocycles. The van der Waals surface area contributed by atoms with Crippen LogP contribution in [0.4, 0.5) is 4.79 Å². The van der Waals surface area contributed by atoms with Crippen LogP contribution in [0.25, 0.3) is 0 Å². The van der Waals surface area contributed by atoms with Crippen molar-refractivity contribution in [2.75, 3.05) is 6.54 Å². The molecule has 252 valence electrons. The normalized spacial score (nSPS) is 39.7. The maximum absolute atomic E-state index is 14.6. The summed E-state index contributed by atoms with van der Waals surface area (Å²) in [5, 5.41) is 21.8. The van der Waals surface area contributed by atoms with Crippen molar-refractivity contribution in [2.24, 2.45) is 50.7 Å². The van der Waals surface area contributed by atoms with E-state index in [1.807, 2.05) is 0 Å². The quantitative estimate of drug-likeness (QED) is 0.321. The highest BCUT2D eigenvalue weighted by atomic mass is 35.5. The van der Waals surface area contributed by atoms with E-state index in [1.54, 1.807) is 24.3 Å². The van der Waals surface area contributed by atoms with E-state index in [2.05, 4.69) is 48.5 Å². The third kappa shape index (κ3) is 4.70. The summed E-state index contributed by atoms with van der Waals surface area (Å²) >= 11 is 6.06. The molecule has 4 fully saturated rings. The molecule has 5 aliphatic carbocycles. The van der Waals surface area contributed by atoms with Gasteiger partial charge >= 0.3 is 6.09 Å². The van der Waals surface area contributed by atoms with Crippen LogP contribution in [0.2, 0.25) is 5.02 Å². The van der Waals surface area contributed by atoms with Crippen LogP contribution in [0.1, 0.15) is 112 Å². The first kappa shape index (κ1) is 33.7. The average molecular weight is 652 g/mol. The number of Topliss-reactive ketones (excluding diaryl/α,β-unsaturated/α-hetero) is 2. The third-order valence-electron chi connectivity index (χ3n) is 14.8. The van der Waals surface area contributed by atoms with Gasteiger partial charge in [0.05, 0.1) is 18.1 Å². The van der Waals surface area contributed by atoms with Gasteiger partial charge in [0.15, 0.2) is 11.6 Å². The fraction of sp³-hybridized carbons (Fsp3) is 0.718. The molecular weight excluding hydrogens is 598 g/mol. The van der Waals surface area contributed by atoms with Gasteiger partial charge in [0.2, 0.25) is 0 Å². The molecule has 46 heavy (non-hydrogen) atoms. The Kier molecular flexibility index (Phi) is 8.20. The van der Waals surface area contributed by atoms with Gasteiger partial charge in [-0.15, -0.1) is 0 Å². The molecule has 0 aromatic heterocycles. The molecule has 0 bridgehead atoms. The molecule has 7 heteroatoms. The fourth-order valence-electron chi connectivity index (χ4n) is 12.3. The Morgan fingerprint density at radius 2 is 1.59 bits per heavy atom. The standard InChI is InChI=1S/C39H54ClNO5/c1-23(2)32-27(42)20-39(31(44)22-41(34(45)46)21-24-8-10-25(40)11-9-24)19-18-37(6)26(33(32)39)12-13-29-36(5)16-15-30(43)35(3,4)28(36)14-17-38(29,37)7/h8-11,23,26,28-30,43H,12-22H2,1-7H3,(H,45,46)/t26-,28+,29-,30+,36+,37-,38-,39+/m1/s1. The lowest BCUT2D eigenvalue weighted by Crippen LogP contribution is -2.66. The second-order valence-corrected chi connectivity index (χ2v) is 17.8. The van der Waals surface area contributed by atoms with Crippen molar-refractivity contribution in [3.8, 4) is 0 Å². The molecule has 2 N–H and O–H groups in total. The van der Waals surface area contributed by atoms with Gasteiger partial charge in [-0.25, -0.2) is 4.79 Å². The van der Waals surface area contributed by atoms with E-state index < -0.39 is 11.5 Å².